The number of hydrogen-bond donors (Lipinski definition) is 0. The summed E-state index contributed by atoms with van der Waals surface area (Å²) in [7, 11) is 2.63. The Morgan fingerprint density at radius 3 is 2.53 bits per heavy atom. The molecule has 2 unspecified atom stereocenters. The van der Waals surface area contributed by atoms with Crippen molar-refractivity contribution in [1.82, 2.24) is 4.90 Å². The maximum absolute atomic E-state index is 11.6. The molecule has 1 saturated heterocycles. The minimum atomic E-state index is -0.530. The Morgan fingerprint density at radius 1 is 1.35 bits per heavy atom. The number of piperidine rings is 1. The Bertz CT molecular complexity index is 337. The lowest BCUT2D eigenvalue weighted by atomic mass is 9.91. The summed E-state index contributed by atoms with van der Waals surface area (Å²) in [6.07, 6.45) is 0.947. The van der Waals surface area contributed by atoms with E-state index >= 15 is 0 Å². The lowest BCUT2D eigenvalue weighted by Crippen LogP contribution is -2.49. The molecule has 94 valence electrons. The number of methoxy groups -OCH3 is 2. The van der Waals surface area contributed by atoms with Crippen LogP contribution < -0.4 is 0 Å². The molecule has 1 aliphatic heterocycles. The Kier molecular flexibility index (Phi) is 4.91. The van der Waals surface area contributed by atoms with E-state index in [0.29, 0.717) is 19.4 Å². The van der Waals surface area contributed by atoms with E-state index in [9.17, 15) is 9.59 Å². The van der Waals surface area contributed by atoms with E-state index in [0.717, 1.165) is 0 Å². The van der Waals surface area contributed by atoms with Crippen molar-refractivity contribution in [3.63, 3.8) is 0 Å². The zero-order valence-corrected chi connectivity index (χ0v) is 10.0. The Hall–Kier alpha value is -1.61. The normalized spacial score (nSPS) is 24.8. The molecule has 0 aromatic heterocycles. The molecule has 0 spiro atoms. The summed E-state index contributed by atoms with van der Waals surface area (Å²) in [6, 6.07) is 1.48. The maximum atomic E-state index is 11.6. The molecule has 6 nitrogen and oxygen atoms in total. The highest BCUT2D eigenvalue weighted by Crippen LogP contribution is 2.24. The van der Waals surface area contributed by atoms with Crippen molar-refractivity contribution in [2.24, 2.45) is 5.92 Å². The molecule has 1 heterocycles. The van der Waals surface area contributed by atoms with Gasteiger partial charge in [0.25, 0.3) is 0 Å². The quantitative estimate of drug-likeness (QED) is 0.507. The van der Waals surface area contributed by atoms with Crippen LogP contribution in [0.4, 0.5) is 0 Å². The summed E-state index contributed by atoms with van der Waals surface area (Å²) in [5.74, 6) is -1.01. The maximum Gasteiger partial charge on any atom is 0.323 e. The van der Waals surface area contributed by atoms with Crippen LogP contribution in [0.1, 0.15) is 12.8 Å². The molecule has 0 N–H and O–H groups in total. The van der Waals surface area contributed by atoms with Gasteiger partial charge in [0.1, 0.15) is 6.04 Å². The van der Waals surface area contributed by atoms with E-state index in [-0.39, 0.29) is 18.4 Å². The molecule has 0 amide bonds. The second-order valence-electron chi connectivity index (χ2n) is 3.91. The van der Waals surface area contributed by atoms with Gasteiger partial charge in [-0.2, -0.15) is 5.26 Å². The number of hydrogen-bond acceptors (Lipinski definition) is 6. The van der Waals surface area contributed by atoms with E-state index in [4.69, 9.17) is 5.26 Å². The van der Waals surface area contributed by atoms with Gasteiger partial charge in [-0.05, 0) is 12.8 Å². The first kappa shape index (κ1) is 13.5. The van der Waals surface area contributed by atoms with Crippen LogP contribution in [0.2, 0.25) is 0 Å². The molecule has 2 atom stereocenters. The van der Waals surface area contributed by atoms with E-state index < -0.39 is 12.0 Å². The monoisotopic (exact) mass is 240 g/mol. The van der Waals surface area contributed by atoms with Crippen LogP contribution in [0.5, 0.6) is 0 Å². The van der Waals surface area contributed by atoms with Crippen molar-refractivity contribution < 1.29 is 19.1 Å². The summed E-state index contributed by atoms with van der Waals surface area (Å²) in [6.45, 7) is 0.681. The van der Waals surface area contributed by atoms with Crippen LogP contribution in [0.15, 0.2) is 0 Å². The van der Waals surface area contributed by atoms with E-state index in [1.54, 1.807) is 4.90 Å². The molecule has 6 heteroatoms. The van der Waals surface area contributed by atoms with Crippen LogP contribution in [0.25, 0.3) is 0 Å². The van der Waals surface area contributed by atoms with Crippen molar-refractivity contribution in [3.05, 3.63) is 0 Å². The van der Waals surface area contributed by atoms with Gasteiger partial charge in [-0.1, -0.05) is 0 Å². The highest BCUT2D eigenvalue weighted by atomic mass is 16.5. The van der Waals surface area contributed by atoms with Gasteiger partial charge in [-0.3, -0.25) is 14.5 Å². The van der Waals surface area contributed by atoms with E-state index in [1.165, 1.54) is 14.2 Å². The summed E-state index contributed by atoms with van der Waals surface area (Å²) in [5, 5.41) is 8.68. The van der Waals surface area contributed by atoms with Gasteiger partial charge in [-0.25, -0.2) is 0 Å². The number of nitriles is 1. The lowest BCUT2D eigenvalue weighted by Gasteiger charge is -2.35. The van der Waals surface area contributed by atoms with E-state index in [1.807, 2.05) is 6.07 Å². The first-order valence-corrected chi connectivity index (χ1v) is 5.40. The summed E-state index contributed by atoms with van der Waals surface area (Å²) in [4.78, 5) is 24.7. The van der Waals surface area contributed by atoms with Gasteiger partial charge >= 0.3 is 11.9 Å². The number of carbonyl (C=O) groups excluding carboxylic acids is 2. The molecule has 0 aliphatic carbocycles. The summed E-state index contributed by atoms with van der Waals surface area (Å²) >= 11 is 0. The minimum absolute atomic E-state index is 0.160. The summed E-state index contributed by atoms with van der Waals surface area (Å²) < 4.78 is 9.36. The second kappa shape index (κ2) is 6.21. The van der Waals surface area contributed by atoms with Crippen LogP contribution in [0, 0.1) is 17.2 Å². The number of carbonyl (C=O) groups is 2. The van der Waals surface area contributed by atoms with Crippen LogP contribution in [-0.2, 0) is 19.1 Å². The number of esters is 2. The second-order valence-corrected chi connectivity index (χ2v) is 3.91. The van der Waals surface area contributed by atoms with Crippen molar-refractivity contribution in [1.29, 1.82) is 5.26 Å². The Morgan fingerprint density at radius 2 is 2.00 bits per heavy atom. The topological polar surface area (TPSA) is 79.6 Å². The predicted octanol–water partition coefficient (Wildman–Crippen LogP) is -0.0634. The molecule has 1 aliphatic rings. The molecule has 17 heavy (non-hydrogen) atoms. The number of nitrogens with zero attached hydrogens (tertiary/aromatic N) is 2. The fraction of sp³-hybridized carbons (Fsp3) is 0.727. The number of ether oxygens (including phenoxy) is 2. The van der Waals surface area contributed by atoms with Crippen LogP contribution >= 0.6 is 0 Å². The zero-order valence-electron chi connectivity index (χ0n) is 10.0. The summed E-state index contributed by atoms with van der Waals surface area (Å²) in [5.41, 5.74) is 0. The lowest BCUT2D eigenvalue weighted by molar-refractivity contribution is -0.153. The predicted molar refractivity (Wildman–Crippen MR) is 57.7 cm³/mol. The fourth-order valence-corrected chi connectivity index (χ4v) is 2.06. The molecule has 0 bridgehead atoms. The van der Waals surface area contributed by atoms with E-state index in [2.05, 4.69) is 9.47 Å². The van der Waals surface area contributed by atoms with Gasteiger partial charge < -0.3 is 9.47 Å². The minimum Gasteiger partial charge on any atom is -0.469 e. The Balaban J connectivity index is 2.73. The first-order chi connectivity index (χ1) is 8.13. The van der Waals surface area contributed by atoms with Crippen molar-refractivity contribution >= 4 is 11.9 Å². The molecular weight excluding hydrogens is 224 g/mol. The van der Waals surface area contributed by atoms with Crippen LogP contribution in [0.3, 0.4) is 0 Å². The molecular formula is C11H16N2O4. The van der Waals surface area contributed by atoms with Gasteiger partial charge in [-0.15, -0.1) is 0 Å². The third-order valence-electron chi connectivity index (χ3n) is 2.99. The average molecular weight is 240 g/mol. The molecule has 0 saturated carbocycles. The molecule has 0 aromatic rings. The molecule has 0 aromatic carbocycles. The first-order valence-electron chi connectivity index (χ1n) is 5.40. The number of likely N-dealkylation sites (tertiary alicyclic amines) is 1. The fourth-order valence-electron chi connectivity index (χ4n) is 2.06. The van der Waals surface area contributed by atoms with Crippen molar-refractivity contribution in [2.45, 2.75) is 18.9 Å². The third-order valence-corrected chi connectivity index (χ3v) is 2.99. The van der Waals surface area contributed by atoms with Gasteiger partial charge in [0.05, 0.1) is 32.8 Å². The molecule has 1 fully saturated rings. The highest BCUT2D eigenvalue weighted by Gasteiger charge is 2.37. The van der Waals surface area contributed by atoms with Crippen molar-refractivity contribution in [2.75, 3.05) is 27.3 Å². The standard InChI is InChI=1S/C11H16N2O4/c1-16-10(14)8-3-5-13(6-4-12)9(7-8)11(15)17-2/h8-9H,3,5-7H2,1-2H3. The third kappa shape index (κ3) is 3.17. The largest absolute Gasteiger partial charge is 0.469 e. The number of rotatable bonds is 3. The van der Waals surface area contributed by atoms with Gasteiger partial charge in [0.2, 0.25) is 0 Å². The van der Waals surface area contributed by atoms with Crippen molar-refractivity contribution in [3.8, 4) is 6.07 Å². The molecule has 1 rings (SSSR count). The SMILES string of the molecule is COC(=O)C1CCN(CC#N)C(C(=O)OC)C1. The smallest absolute Gasteiger partial charge is 0.323 e. The highest BCUT2D eigenvalue weighted by molar-refractivity contribution is 5.78. The van der Waals surface area contributed by atoms with Gasteiger partial charge in [0, 0.05) is 6.54 Å². The molecule has 0 radical (unpaired) electrons. The zero-order chi connectivity index (χ0) is 12.8. The average Bonchev–Trinajstić information content (AvgIpc) is 2.37. The Labute approximate surface area is 100 Å². The van der Waals surface area contributed by atoms with Crippen LogP contribution in [-0.4, -0.2) is 50.2 Å². The van der Waals surface area contributed by atoms with Gasteiger partial charge in [0.15, 0.2) is 0 Å².